The van der Waals surface area contributed by atoms with Crippen molar-refractivity contribution in [2.75, 3.05) is 19.8 Å². The zero-order chi connectivity index (χ0) is 11.4. The number of hydrogen-bond donors (Lipinski definition) is 2. The van der Waals surface area contributed by atoms with Gasteiger partial charge in [0, 0.05) is 0 Å². The van der Waals surface area contributed by atoms with Crippen molar-refractivity contribution in [1.29, 1.82) is 0 Å². The lowest BCUT2D eigenvalue weighted by molar-refractivity contribution is -0.515. The molecule has 0 aliphatic heterocycles. The first-order chi connectivity index (χ1) is 7.31. The van der Waals surface area contributed by atoms with Crippen LogP contribution in [-0.4, -0.2) is 36.1 Å². The molecule has 0 bridgehead atoms. The Morgan fingerprint density at radius 3 is 2.47 bits per heavy atom. The average Bonchev–Trinajstić information content (AvgIpc) is 2.26. The van der Waals surface area contributed by atoms with Crippen molar-refractivity contribution in [2.24, 2.45) is 0 Å². The van der Waals surface area contributed by atoms with Gasteiger partial charge in [0.25, 0.3) is 0 Å². The molecule has 92 valence electrons. The van der Waals surface area contributed by atoms with Crippen molar-refractivity contribution >= 4 is 0 Å². The summed E-state index contributed by atoms with van der Waals surface area (Å²) in [6.45, 7) is 2.21. The van der Waals surface area contributed by atoms with Crippen LogP contribution in [0, 0.1) is 0 Å². The highest BCUT2D eigenvalue weighted by atomic mass is 17.5. The molecule has 0 aromatic rings. The maximum absolute atomic E-state index is 8.85. The minimum absolute atomic E-state index is 0.0909. The largest absolute Gasteiger partial charge is 0.394 e. The molecule has 1 atom stereocenters. The molecule has 5 heteroatoms. The first-order valence-corrected chi connectivity index (χ1v) is 5.51. The topological polar surface area (TPSA) is 68.2 Å². The first-order valence-electron chi connectivity index (χ1n) is 5.51. The van der Waals surface area contributed by atoms with E-state index >= 15 is 0 Å². The fourth-order valence-electron chi connectivity index (χ4n) is 0.992. The van der Waals surface area contributed by atoms with Crippen LogP contribution in [0.3, 0.4) is 0 Å². The Kier molecular flexibility index (Phi) is 11.7. The maximum Gasteiger partial charge on any atom is 0.113 e. The monoisotopic (exact) mass is 222 g/mol. The molecule has 0 radical (unpaired) electrons. The molecule has 0 heterocycles. The summed E-state index contributed by atoms with van der Waals surface area (Å²) in [6.07, 6.45) is 4.82. The second-order valence-corrected chi connectivity index (χ2v) is 3.43. The van der Waals surface area contributed by atoms with E-state index in [1.54, 1.807) is 0 Å². The molecule has 0 rings (SSSR count). The molecule has 5 nitrogen and oxygen atoms in total. The molecule has 0 amide bonds. The molecule has 0 fully saturated rings. The second kappa shape index (κ2) is 11.9. The van der Waals surface area contributed by atoms with Crippen molar-refractivity contribution in [3.63, 3.8) is 0 Å². The van der Waals surface area contributed by atoms with Crippen LogP contribution in [-0.2, 0) is 14.8 Å². The summed E-state index contributed by atoms with van der Waals surface area (Å²) in [7, 11) is 0. The van der Waals surface area contributed by atoms with Gasteiger partial charge in [0.1, 0.15) is 12.7 Å². The highest BCUT2D eigenvalue weighted by molar-refractivity contribution is 4.45. The van der Waals surface area contributed by atoms with Gasteiger partial charge < -0.3 is 10.2 Å². The fourth-order valence-corrected chi connectivity index (χ4v) is 0.992. The molecule has 0 aliphatic carbocycles. The van der Waals surface area contributed by atoms with Crippen LogP contribution < -0.4 is 0 Å². The van der Waals surface area contributed by atoms with Gasteiger partial charge in [0.05, 0.1) is 13.2 Å². The van der Waals surface area contributed by atoms with E-state index in [4.69, 9.17) is 15.1 Å². The van der Waals surface area contributed by atoms with E-state index in [1.807, 2.05) is 0 Å². The summed E-state index contributed by atoms with van der Waals surface area (Å²) >= 11 is 0. The van der Waals surface area contributed by atoms with Crippen LogP contribution >= 0.6 is 0 Å². The van der Waals surface area contributed by atoms with Crippen molar-refractivity contribution in [3.05, 3.63) is 0 Å². The summed E-state index contributed by atoms with van der Waals surface area (Å²) in [5, 5.41) is 21.6. The fraction of sp³-hybridized carbons (Fsp3) is 1.00. The highest BCUT2D eigenvalue weighted by Crippen LogP contribution is 2.02. The van der Waals surface area contributed by atoms with Gasteiger partial charge in [-0.1, -0.05) is 37.6 Å². The van der Waals surface area contributed by atoms with E-state index in [0.717, 1.165) is 12.8 Å². The summed E-state index contributed by atoms with van der Waals surface area (Å²) in [4.78, 5) is 9.18. The van der Waals surface area contributed by atoms with E-state index in [1.165, 1.54) is 19.3 Å². The smallest absolute Gasteiger partial charge is 0.113 e. The minimum atomic E-state index is -0.918. The number of hydrogen-bond acceptors (Lipinski definition) is 5. The second-order valence-electron chi connectivity index (χ2n) is 3.43. The van der Waals surface area contributed by atoms with Gasteiger partial charge in [0.15, 0.2) is 0 Å². The van der Waals surface area contributed by atoms with E-state index in [-0.39, 0.29) is 13.2 Å². The lowest BCUT2D eigenvalue weighted by Gasteiger charge is -2.06. The number of unbranched alkanes of at least 4 members (excludes halogenated alkanes) is 4. The molecular formula is C10H22O5. The van der Waals surface area contributed by atoms with Gasteiger partial charge in [-0.15, -0.1) is 0 Å². The SMILES string of the molecule is CCCCCCCOOOCC(O)CO. The van der Waals surface area contributed by atoms with Gasteiger partial charge in [-0.2, -0.15) is 0 Å². The third-order valence-corrected chi connectivity index (χ3v) is 1.90. The van der Waals surface area contributed by atoms with E-state index in [9.17, 15) is 0 Å². The summed E-state index contributed by atoms with van der Waals surface area (Å²) in [5.74, 6) is 0. The summed E-state index contributed by atoms with van der Waals surface area (Å²) < 4.78 is 0. The van der Waals surface area contributed by atoms with Gasteiger partial charge in [-0.25, -0.2) is 9.78 Å². The first kappa shape index (κ1) is 14.8. The molecule has 15 heavy (non-hydrogen) atoms. The van der Waals surface area contributed by atoms with Crippen LogP contribution in [0.2, 0.25) is 0 Å². The van der Waals surface area contributed by atoms with Crippen LogP contribution in [0.1, 0.15) is 39.0 Å². The Hall–Kier alpha value is -0.200. The standard InChI is InChI=1S/C10H22O5/c1-2-3-4-5-6-7-13-15-14-9-10(12)8-11/h10-12H,2-9H2,1H3. The lowest BCUT2D eigenvalue weighted by atomic mass is 10.2. The van der Waals surface area contributed by atoms with E-state index < -0.39 is 6.10 Å². The average molecular weight is 222 g/mol. The minimum Gasteiger partial charge on any atom is -0.394 e. The van der Waals surface area contributed by atoms with Crippen LogP contribution in [0.4, 0.5) is 0 Å². The molecule has 0 aromatic heterocycles. The summed E-state index contributed by atoms with van der Waals surface area (Å²) in [6, 6.07) is 0. The van der Waals surface area contributed by atoms with Crippen molar-refractivity contribution in [2.45, 2.75) is 45.1 Å². The van der Waals surface area contributed by atoms with Crippen molar-refractivity contribution < 1.29 is 25.0 Å². The van der Waals surface area contributed by atoms with Gasteiger partial charge in [-0.3, -0.25) is 0 Å². The predicted octanol–water partition coefficient (Wildman–Crippen LogP) is 1.19. The van der Waals surface area contributed by atoms with E-state index in [2.05, 4.69) is 16.8 Å². The van der Waals surface area contributed by atoms with E-state index in [0.29, 0.717) is 6.61 Å². The molecule has 2 N–H and O–H groups in total. The Balaban J connectivity index is 2.92. The Bertz CT molecular complexity index is 120. The molecule has 0 spiro atoms. The third-order valence-electron chi connectivity index (χ3n) is 1.90. The number of aliphatic hydroxyl groups is 2. The van der Waals surface area contributed by atoms with Crippen molar-refractivity contribution in [1.82, 2.24) is 0 Å². The zero-order valence-electron chi connectivity index (χ0n) is 9.35. The zero-order valence-corrected chi connectivity index (χ0v) is 9.35. The molecular weight excluding hydrogens is 200 g/mol. The third kappa shape index (κ3) is 11.7. The van der Waals surface area contributed by atoms with Crippen LogP contribution in [0.25, 0.3) is 0 Å². The molecule has 0 saturated carbocycles. The highest BCUT2D eigenvalue weighted by Gasteiger charge is 2.01. The number of aliphatic hydroxyl groups excluding tert-OH is 2. The predicted molar refractivity (Wildman–Crippen MR) is 54.8 cm³/mol. The van der Waals surface area contributed by atoms with Gasteiger partial charge >= 0.3 is 0 Å². The summed E-state index contributed by atoms with van der Waals surface area (Å²) in [5.41, 5.74) is 0. The Labute approximate surface area is 90.8 Å². The van der Waals surface area contributed by atoms with Gasteiger partial charge in [0.2, 0.25) is 0 Å². The van der Waals surface area contributed by atoms with Crippen molar-refractivity contribution in [3.8, 4) is 0 Å². The molecule has 0 aromatic carbocycles. The quantitative estimate of drug-likeness (QED) is 0.312. The maximum atomic E-state index is 8.85. The van der Waals surface area contributed by atoms with Gasteiger partial charge in [-0.05, 0) is 6.42 Å². The Morgan fingerprint density at radius 1 is 1.07 bits per heavy atom. The normalized spacial score (nSPS) is 13.0. The lowest BCUT2D eigenvalue weighted by Crippen LogP contribution is -2.19. The van der Waals surface area contributed by atoms with Crippen LogP contribution in [0.5, 0.6) is 0 Å². The number of rotatable bonds is 11. The Morgan fingerprint density at radius 2 is 1.80 bits per heavy atom. The molecule has 1 unspecified atom stereocenters. The molecule has 0 aliphatic rings. The molecule has 0 saturated heterocycles. The van der Waals surface area contributed by atoms with Crippen LogP contribution in [0.15, 0.2) is 0 Å².